The molecule has 118 valence electrons. The molecule has 2 heterocycles. The van der Waals surface area contributed by atoms with Gasteiger partial charge in [0.05, 0.1) is 4.90 Å². The molecule has 0 atom stereocenters. The first kappa shape index (κ1) is 16.9. The molecule has 2 aromatic rings. The third-order valence-corrected chi connectivity index (χ3v) is 5.04. The number of nitrogens with zero attached hydrogens (tertiary/aromatic N) is 1. The number of nitrogens with one attached hydrogen (secondary N) is 2. The number of hydrogen-bond donors (Lipinski definition) is 2. The van der Waals surface area contributed by atoms with Crippen molar-refractivity contribution in [3.8, 4) is 0 Å². The highest BCUT2D eigenvalue weighted by molar-refractivity contribution is 7.89. The molecule has 0 radical (unpaired) electrons. The third-order valence-electron chi connectivity index (χ3n) is 3.58. The summed E-state index contributed by atoms with van der Waals surface area (Å²) in [4.78, 5) is 4.33. The van der Waals surface area contributed by atoms with Gasteiger partial charge in [0.1, 0.15) is 0 Å². The molecule has 1 aromatic carbocycles. The minimum atomic E-state index is -3.53. The number of aromatic nitrogens is 1. The zero-order chi connectivity index (χ0) is 14.7. The summed E-state index contributed by atoms with van der Waals surface area (Å²) >= 11 is 0. The second-order valence-electron chi connectivity index (χ2n) is 4.99. The Morgan fingerprint density at radius 2 is 2.14 bits per heavy atom. The van der Waals surface area contributed by atoms with Crippen LogP contribution in [-0.4, -0.2) is 33.0 Å². The van der Waals surface area contributed by atoms with Crippen LogP contribution in [0.1, 0.15) is 6.42 Å². The SMILES string of the molecule is Cl.O=S(=O)(NCC1=CCNCC1)c1cccc2cnccc12. The van der Waals surface area contributed by atoms with Crippen LogP contribution in [0.2, 0.25) is 0 Å². The molecule has 22 heavy (non-hydrogen) atoms. The van der Waals surface area contributed by atoms with Crippen LogP contribution in [0.4, 0.5) is 0 Å². The molecule has 0 amide bonds. The van der Waals surface area contributed by atoms with E-state index in [9.17, 15) is 8.42 Å². The summed E-state index contributed by atoms with van der Waals surface area (Å²) in [5.74, 6) is 0. The van der Waals surface area contributed by atoms with Crippen LogP contribution in [-0.2, 0) is 10.0 Å². The molecule has 2 N–H and O–H groups in total. The highest BCUT2D eigenvalue weighted by Crippen LogP contribution is 2.21. The van der Waals surface area contributed by atoms with Crippen LogP contribution in [0.25, 0.3) is 10.8 Å². The van der Waals surface area contributed by atoms with E-state index in [4.69, 9.17) is 0 Å². The smallest absolute Gasteiger partial charge is 0.241 e. The van der Waals surface area contributed by atoms with Crippen LogP contribution >= 0.6 is 12.4 Å². The predicted octanol–water partition coefficient (Wildman–Crippen LogP) is 1.85. The van der Waals surface area contributed by atoms with Crippen molar-refractivity contribution < 1.29 is 8.42 Å². The highest BCUT2D eigenvalue weighted by atomic mass is 35.5. The van der Waals surface area contributed by atoms with Gasteiger partial charge in [-0.05, 0) is 25.1 Å². The number of hydrogen-bond acceptors (Lipinski definition) is 4. The summed E-state index contributed by atoms with van der Waals surface area (Å²) in [6.07, 6.45) is 6.20. The van der Waals surface area contributed by atoms with Crippen molar-refractivity contribution in [2.45, 2.75) is 11.3 Å². The number of sulfonamides is 1. The molecule has 0 bridgehead atoms. The van der Waals surface area contributed by atoms with Gasteiger partial charge in [-0.3, -0.25) is 4.98 Å². The van der Waals surface area contributed by atoms with Crippen LogP contribution in [0.3, 0.4) is 0 Å². The lowest BCUT2D eigenvalue weighted by molar-refractivity contribution is 0.583. The zero-order valence-corrected chi connectivity index (χ0v) is 13.6. The fourth-order valence-corrected chi connectivity index (χ4v) is 3.69. The molecular weight excluding hydrogens is 322 g/mol. The Labute approximate surface area is 136 Å². The van der Waals surface area contributed by atoms with Gasteiger partial charge in [0.2, 0.25) is 10.0 Å². The first-order valence-corrected chi connectivity index (χ1v) is 8.36. The Kier molecular flexibility index (Phi) is 5.52. The van der Waals surface area contributed by atoms with Crippen molar-refractivity contribution in [1.82, 2.24) is 15.0 Å². The predicted molar refractivity (Wildman–Crippen MR) is 89.7 cm³/mol. The minimum Gasteiger partial charge on any atom is -0.313 e. The molecule has 5 nitrogen and oxygen atoms in total. The van der Waals surface area contributed by atoms with Crippen LogP contribution < -0.4 is 10.0 Å². The molecule has 1 aliphatic rings. The average molecular weight is 340 g/mol. The lowest BCUT2D eigenvalue weighted by Crippen LogP contribution is -2.29. The van der Waals surface area contributed by atoms with Gasteiger partial charge in [-0.15, -0.1) is 12.4 Å². The van der Waals surface area contributed by atoms with Crippen molar-refractivity contribution in [3.63, 3.8) is 0 Å². The maximum Gasteiger partial charge on any atom is 0.241 e. The van der Waals surface area contributed by atoms with Gasteiger partial charge in [-0.25, -0.2) is 13.1 Å². The Balaban J connectivity index is 0.00000176. The van der Waals surface area contributed by atoms with Gasteiger partial charge >= 0.3 is 0 Å². The Bertz CT molecular complexity index is 785. The molecule has 1 aliphatic heterocycles. The van der Waals surface area contributed by atoms with E-state index < -0.39 is 10.0 Å². The van der Waals surface area contributed by atoms with E-state index in [-0.39, 0.29) is 12.4 Å². The number of halogens is 1. The summed E-state index contributed by atoms with van der Waals surface area (Å²) in [5, 5.41) is 4.72. The fraction of sp³-hybridized carbons (Fsp3) is 0.267. The van der Waals surface area contributed by atoms with E-state index in [2.05, 4.69) is 15.0 Å². The topological polar surface area (TPSA) is 71.1 Å². The fourth-order valence-electron chi connectivity index (χ4n) is 2.42. The molecule has 0 aliphatic carbocycles. The van der Waals surface area contributed by atoms with Gasteiger partial charge in [-0.1, -0.05) is 23.8 Å². The monoisotopic (exact) mass is 339 g/mol. The third kappa shape index (κ3) is 3.64. The highest BCUT2D eigenvalue weighted by Gasteiger charge is 2.17. The maximum atomic E-state index is 12.5. The first-order valence-electron chi connectivity index (χ1n) is 6.88. The summed E-state index contributed by atoms with van der Waals surface area (Å²) in [7, 11) is -3.53. The summed E-state index contributed by atoms with van der Waals surface area (Å²) < 4.78 is 27.7. The van der Waals surface area contributed by atoms with Crippen molar-refractivity contribution in [1.29, 1.82) is 0 Å². The second kappa shape index (κ2) is 7.19. The lowest BCUT2D eigenvalue weighted by Gasteiger charge is -2.15. The molecule has 0 fully saturated rings. The van der Waals surface area contributed by atoms with E-state index >= 15 is 0 Å². The van der Waals surface area contributed by atoms with Crippen molar-refractivity contribution in [2.75, 3.05) is 19.6 Å². The Morgan fingerprint density at radius 1 is 1.27 bits per heavy atom. The van der Waals surface area contributed by atoms with Gasteiger partial charge < -0.3 is 5.32 Å². The minimum absolute atomic E-state index is 0. The summed E-state index contributed by atoms with van der Waals surface area (Å²) in [6.45, 7) is 2.07. The molecular formula is C15H18ClN3O2S. The van der Waals surface area contributed by atoms with Gasteiger partial charge in [-0.2, -0.15) is 0 Å². The van der Waals surface area contributed by atoms with Gasteiger partial charge in [0.15, 0.2) is 0 Å². The Hall–Kier alpha value is -1.47. The van der Waals surface area contributed by atoms with E-state index in [1.165, 1.54) is 0 Å². The number of benzene rings is 1. The standard InChI is InChI=1S/C15H17N3O2S.ClH/c19-21(20,18-10-12-4-7-16-8-5-12)15-3-1-2-13-11-17-9-6-14(13)15;/h1-4,6,9,11,16,18H,5,7-8,10H2;1H. The number of fused-ring (bicyclic) bond motifs is 1. The zero-order valence-electron chi connectivity index (χ0n) is 12.0. The lowest BCUT2D eigenvalue weighted by atomic mass is 10.1. The molecule has 0 unspecified atom stereocenters. The summed E-state index contributed by atoms with van der Waals surface area (Å²) in [6, 6.07) is 6.95. The van der Waals surface area contributed by atoms with Crippen molar-refractivity contribution in [2.24, 2.45) is 0 Å². The summed E-state index contributed by atoms with van der Waals surface area (Å²) in [5.41, 5.74) is 1.12. The van der Waals surface area contributed by atoms with Crippen LogP contribution in [0.15, 0.2) is 53.2 Å². The first-order chi connectivity index (χ1) is 10.2. The molecule has 1 aromatic heterocycles. The van der Waals surface area contributed by atoms with Gasteiger partial charge in [0, 0.05) is 36.3 Å². The van der Waals surface area contributed by atoms with Gasteiger partial charge in [0.25, 0.3) is 0 Å². The maximum absolute atomic E-state index is 12.5. The van der Waals surface area contributed by atoms with Crippen molar-refractivity contribution in [3.05, 3.63) is 48.3 Å². The molecule has 0 saturated carbocycles. The molecule has 0 spiro atoms. The largest absolute Gasteiger partial charge is 0.313 e. The van der Waals surface area contributed by atoms with Crippen molar-refractivity contribution >= 4 is 33.2 Å². The number of rotatable bonds is 4. The van der Waals surface area contributed by atoms with Crippen LogP contribution in [0, 0.1) is 0 Å². The second-order valence-corrected chi connectivity index (χ2v) is 6.73. The van der Waals surface area contributed by atoms with E-state index in [1.54, 1.807) is 30.6 Å². The van der Waals surface area contributed by atoms with E-state index in [0.29, 0.717) is 16.8 Å². The number of pyridine rings is 1. The molecule has 3 rings (SSSR count). The molecule has 7 heteroatoms. The van der Waals surface area contributed by atoms with Crippen LogP contribution in [0.5, 0.6) is 0 Å². The Morgan fingerprint density at radius 3 is 2.91 bits per heavy atom. The molecule has 0 saturated heterocycles. The average Bonchev–Trinajstić information content (AvgIpc) is 2.53. The van der Waals surface area contributed by atoms with E-state index in [0.717, 1.165) is 30.5 Å². The van der Waals surface area contributed by atoms with E-state index in [1.807, 2.05) is 12.1 Å². The normalized spacial score (nSPS) is 15.2. The quantitative estimate of drug-likeness (QED) is 0.834.